The second-order valence-corrected chi connectivity index (χ2v) is 3.44. The summed E-state index contributed by atoms with van der Waals surface area (Å²) in [6.45, 7) is 0. The first-order valence-electron chi connectivity index (χ1n) is 5.07. The number of rotatable bonds is 4. The zero-order valence-corrected chi connectivity index (χ0v) is 9.01. The minimum atomic E-state index is 0.508. The summed E-state index contributed by atoms with van der Waals surface area (Å²) in [7, 11) is 1.56. The summed E-state index contributed by atoms with van der Waals surface area (Å²) in [5, 5.41) is 0. The lowest BCUT2D eigenvalue weighted by Gasteiger charge is -2.02. The number of ether oxygens (including phenoxy) is 1. The maximum absolute atomic E-state index is 10.3. The molecule has 0 atom stereocenters. The molecule has 2 rings (SSSR count). The fourth-order valence-electron chi connectivity index (χ4n) is 1.52. The first kappa shape index (κ1) is 10.5. The van der Waals surface area contributed by atoms with Crippen molar-refractivity contribution in [3.05, 3.63) is 30.0 Å². The van der Waals surface area contributed by atoms with E-state index in [4.69, 9.17) is 4.74 Å². The quantitative estimate of drug-likeness (QED) is 0.731. The molecule has 0 aliphatic rings. The molecule has 0 amide bonds. The molecule has 4 nitrogen and oxygen atoms in total. The lowest BCUT2D eigenvalue weighted by Crippen LogP contribution is -1.92. The second-order valence-electron chi connectivity index (χ2n) is 3.44. The summed E-state index contributed by atoms with van der Waals surface area (Å²) in [5.74, 6) is 0.508. The molecular formula is C12H12N2O2. The van der Waals surface area contributed by atoms with Crippen molar-refractivity contribution in [3.63, 3.8) is 0 Å². The Balaban J connectivity index is 2.35. The third-order valence-corrected chi connectivity index (χ3v) is 2.34. The van der Waals surface area contributed by atoms with Crippen molar-refractivity contribution >= 4 is 17.3 Å². The average Bonchev–Trinajstić information content (AvgIpc) is 2.35. The van der Waals surface area contributed by atoms with Gasteiger partial charge in [-0.1, -0.05) is 6.07 Å². The minimum absolute atomic E-state index is 0.508. The molecule has 16 heavy (non-hydrogen) atoms. The number of carbonyl (C=O) groups is 1. The highest BCUT2D eigenvalue weighted by molar-refractivity contribution is 5.75. The summed E-state index contributed by atoms with van der Waals surface area (Å²) >= 11 is 0. The Bertz CT molecular complexity index is 511. The molecule has 0 bridgehead atoms. The van der Waals surface area contributed by atoms with Gasteiger partial charge in [-0.2, -0.15) is 0 Å². The lowest BCUT2D eigenvalue weighted by molar-refractivity contribution is -0.107. The van der Waals surface area contributed by atoms with Crippen molar-refractivity contribution in [1.29, 1.82) is 0 Å². The van der Waals surface area contributed by atoms with Crippen molar-refractivity contribution in [3.8, 4) is 5.88 Å². The molecule has 1 aromatic heterocycles. The van der Waals surface area contributed by atoms with Crippen LogP contribution in [0.5, 0.6) is 5.88 Å². The maximum Gasteiger partial charge on any atom is 0.232 e. The number of aldehydes is 1. The van der Waals surface area contributed by atoms with Crippen LogP contribution in [0.15, 0.2) is 24.4 Å². The van der Waals surface area contributed by atoms with E-state index in [-0.39, 0.29) is 0 Å². The van der Waals surface area contributed by atoms with Gasteiger partial charge in [-0.15, -0.1) is 0 Å². The normalized spacial score (nSPS) is 10.3. The molecule has 2 aromatic rings. The molecule has 0 aliphatic heterocycles. The summed E-state index contributed by atoms with van der Waals surface area (Å²) in [6, 6.07) is 5.80. The van der Waals surface area contributed by atoms with Gasteiger partial charge in [0.2, 0.25) is 5.88 Å². The number of fused-ring (bicyclic) bond motifs is 1. The average molecular weight is 216 g/mol. The van der Waals surface area contributed by atoms with Gasteiger partial charge < -0.3 is 9.53 Å². The van der Waals surface area contributed by atoms with Gasteiger partial charge in [-0.3, -0.25) is 0 Å². The van der Waals surface area contributed by atoms with Crippen molar-refractivity contribution < 1.29 is 9.53 Å². The fraction of sp³-hybridized carbons (Fsp3) is 0.250. The van der Waals surface area contributed by atoms with Crippen molar-refractivity contribution in [2.75, 3.05) is 7.11 Å². The molecule has 4 heteroatoms. The van der Waals surface area contributed by atoms with Crippen LogP contribution in [-0.2, 0) is 11.2 Å². The Morgan fingerprint density at radius 2 is 2.25 bits per heavy atom. The molecule has 0 spiro atoms. The number of aromatic nitrogens is 2. The topological polar surface area (TPSA) is 52.1 Å². The van der Waals surface area contributed by atoms with Gasteiger partial charge in [0.05, 0.1) is 24.3 Å². The van der Waals surface area contributed by atoms with Crippen LogP contribution in [0.3, 0.4) is 0 Å². The largest absolute Gasteiger partial charge is 0.480 e. The molecule has 0 N–H and O–H groups in total. The fourth-order valence-corrected chi connectivity index (χ4v) is 1.52. The minimum Gasteiger partial charge on any atom is -0.480 e. The van der Waals surface area contributed by atoms with E-state index in [9.17, 15) is 4.79 Å². The third kappa shape index (κ3) is 2.16. The van der Waals surface area contributed by atoms with E-state index < -0.39 is 0 Å². The molecule has 0 fully saturated rings. The highest BCUT2D eigenvalue weighted by Crippen LogP contribution is 2.15. The standard InChI is InChI=1S/C12H12N2O2/c1-16-12-8-13-11-7-9(3-2-6-15)4-5-10(11)14-12/h4-8H,2-3H2,1H3. The van der Waals surface area contributed by atoms with E-state index in [0.717, 1.165) is 29.3 Å². The van der Waals surface area contributed by atoms with Gasteiger partial charge in [0.15, 0.2) is 0 Å². The van der Waals surface area contributed by atoms with Crippen LogP contribution in [0.25, 0.3) is 11.0 Å². The number of nitrogens with zero attached hydrogens (tertiary/aromatic N) is 2. The molecule has 0 unspecified atom stereocenters. The lowest BCUT2D eigenvalue weighted by atomic mass is 10.1. The number of aryl methyl sites for hydroxylation is 1. The molecular weight excluding hydrogens is 204 g/mol. The Labute approximate surface area is 93.3 Å². The number of hydrogen-bond donors (Lipinski definition) is 0. The third-order valence-electron chi connectivity index (χ3n) is 2.34. The number of carbonyl (C=O) groups excluding carboxylic acids is 1. The van der Waals surface area contributed by atoms with E-state index in [1.165, 1.54) is 0 Å². The molecule has 1 aromatic carbocycles. The van der Waals surface area contributed by atoms with Gasteiger partial charge in [0.25, 0.3) is 0 Å². The smallest absolute Gasteiger partial charge is 0.232 e. The number of benzene rings is 1. The van der Waals surface area contributed by atoms with Crippen LogP contribution in [0, 0.1) is 0 Å². The van der Waals surface area contributed by atoms with E-state index in [1.807, 2.05) is 18.2 Å². The SMILES string of the molecule is COc1cnc2cc(CCC=O)ccc2n1. The molecule has 0 saturated heterocycles. The summed E-state index contributed by atoms with van der Waals surface area (Å²) < 4.78 is 5.00. The summed E-state index contributed by atoms with van der Waals surface area (Å²) in [6.07, 6.45) is 3.79. The van der Waals surface area contributed by atoms with Gasteiger partial charge in [0.1, 0.15) is 6.29 Å². The van der Waals surface area contributed by atoms with Crippen LogP contribution < -0.4 is 4.74 Å². The number of hydrogen-bond acceptors (Lipinski definition) is 4. The Hall–Kier alpha value is -1.97. The van der Waals surface area contributed by atoms with Gasteiger partial charge in [0, 0.05) is 6.42 Å². The number of methoxy groups -OCH3 is 1. The Morgan fingerprint density at radius 3 is 3.00 bits per heavy atom. The predicted octanol–water partition coefficient (Wildman–Crippen LogP) is 1.77. The molecule has 82 valence electrons. The van der Waals surface area contributed by atoms with E-state index in [1.54, 1.807) is 13.3 Å². The predicted molar refractivity (Wildman–Crippen MR) is 60.5 cm³/mol. The zero-order valence-electron chi connectivity index (χ0n) is 9.01. The van der Waals surface area contributed by atoms with Gasteiger partial charge in [-0.05, 0) is 24.1 Å². The van der Waals surface area contributed by atoms with Crippen molar-refractivity contribution in [2.45, 2.75) is 12.8 Å². The molecule has 0 aliphatic carbocycles. The van der Waals surface area contributed by atoms with Crippen LogP contribution in [0.4, 0.5) is 0 Å². The summed E-state index contributed by atoms with van der Waals surface area (Å²) in [4.78, 5) is 18.8. The van der Waals surface area contributed by atoms with Crippen LogP contribution in [0.2, 0.25) is 0 Å². The highest BCUT2D eigenvalue weighted by Gasteiger charge is 2.01. The van der Waals surface area contributed by atoms with Crippen molar-refractivity contribution in [2.24, 2.45) is 0 Å². The van der Waals surface area contributed by atoms with Gasteiger partial charge >= 0.3 is 0 Å². The zero-order chi connectivity index (χ0) is 11.4. The Kier molecular flexibility index (Phi) is 3.10. The molecule has 0 saturated carbocycles. The van der Waals surface area contributed by atoms with Crippen LogP contribution in [0.1, 0.15) is 12.0 Å². The summed E-state index contributed by atoms with van der Waals surface area (Å²) in [5.41, 5.74) is 2.72. The highest BCUT2D eigenvalue weighted by atomic mass is 16.5. The molecule has 1 heterocycles. The van der Waals surface area contributed by atoms with E-state index in [2.05, 4.69) is 9.97 Å². The van der Waals surface area contributed by atoms with Crippen LogP contribution >= 0.6 is 0 Å². The van der Waals surface area contributed by atoms with E-state index in [0.29, 0.717) is 12.3 Å². The molecule has 0 radical (unpaired) electrons. The van der Waals surface area contributed by atoms with Gasteiger partial charge in [-0.25, -0.2) is 9.97 Å². The van der Waals surface area contributed by atoms with Crippen LogP contribution in [-0.4, -0.2) is 23.4 Å². The van der Waals surface area contributed by atoms with E-state index >= 15 is 0 Å². The first-order chi connectivity index (χ1) is 7.83. The monoisotopic (exact) mass is 216 g/mol. The second kappa shape index (κ2) is 4.70. The Morgan fingerprint density at radius 1 is 1.38 bits per heavy atom. The maximum atomic E-state index is 10.3. The van der Waals surface area contributed by atoms with Crippen molar-refractivity contribution in [1.82, 2.24) is 9.97 Å². The first-order valence-corrected chi connectivity index (χ1v) is 5.07.